The first-order valence-electron chi connectivity index (χ1n) is 14.3. The summed E-state index contributed by atoms with van der Waals surface area (Å²) < 4.78 is 2.53. The summed E-state index contributed by atoms with van der Waals surface area (Å²) in [6, 6.07) is 44.2. The van der Waals surface area contributed by atoms with Crippen LogP contribution < -0.4 is 24.8 Å². The SMILES string of the molecule is CC1=Cc2cc(C)ccc2[CH]1[Zr+2](=[C](c1ccccc1)c1ccccc1)[CH]1c2cc(C)ccc2-c2ccc(C)cc21.[Cl-].[Cl-]. The van der Waals surface area contributed by atoms with Crippen LogP contribution in [0.4, 0.5) is 0 Å². The second kappa shape index (κ2) is 12.4. The summed E-state index contributed by atoms with van der Waals surface area (Å²) in [7, 11) is 0. The molecule has 0 nitrogen and oxygen atoms in total. The van der Waals surface area contributed by atoms with Gasteiger partial charge < -0.3 is 24.8 Å². The van der Waals surface area contributed by atoms with Gasteiger partial charge in [-0.1, -0.05) is 0 Å². The fraction of sp³-hybridized carbons (Fsp3) is 0.154. The maximum atomic E-state index is 2.51. The Hall–Kier alpha value is -2.83. The maximum Gasteiger partial charge on any atom is -1.00 e. The van der Waals surface area contributed by atoms with Crippen molar-refractivity contribution in [3.05, 3.63) is 171 Å². The van der Waals surface area contributed by atoms with Gasteiger partial charge in [-0.05, 0) is 0 Å². The van der Waals surface area contributed by atoms with Crippen molar-refractivity contribution in [3.63, 3.8) is 0 Å². The molecule has 0 saturated heterocycles. The van der Waals surface area contributed by atoms with E-state index in [0.29, 0.717) is 7.25 Å². The standard InChI is InChI=1S/C15H13.C13H10.C11H11.2ClH.Zr/c1-10-3-5-14-12(7-10)9-13-8-11(2)4-6-15(13)14;1-3-7-12(8-4-1)11-13-9-5-2-6-10-13;1-8-3-4-10-6-9(2)7-11(10)5-8;;;/h3-9H,1-2H3;1-10H;3-7H,1-2H3;2*1H;/q;;;;;+2/p-2. The van der Waals surface area contributed by atoms with Crippen molar-refractivity contribution in [1.82, 2.24) is 0 Å². The van der Waals surface area contributed by atoms with Gasteiger partial charge >= 0.3 is 248 Å². The molecule has 0 radical (unpaired) electrons. The van der Waals surface area contributed by atoms with Crippen LogP contribution in [0.25, 0.3) is 17.2 Å². The van der Waals surface area contributed by atoms with Crippen LogP contribution in [0.2, 0.25) is 0 Å². The second-order valence-corrected chi connectivity index (χ2v) is 17.9. The molecule has 0 N–H and O–H groups in total. The van der Waals surface area contributed by atoms with Gasteiger partial charge in [0.25, 0.3) is 0 Å². The average molecular weight is 665 g/mol. The van der Waals surface area contributed by atoms with E-state index in [1.807, 2.05) is 0 Å². The number of hydrogen-bond donors (Lipinski definition) is 0. The van der Waals surface area contributed by atoms with Gasteiger partial charge in [0.05, 0.1) is 0 Å². The molecule has 0 heterocycles. The number of benzene rings is 5. The molecule has 0 fully saturated rings. The van der Waals surface area contributed by atoms with Crippen LogP contribution in [0.3, 0.4) is 0 Å². The van der Waals surface area contributed by atoms with Crippen molar-refractivity contribution in [2.24, 2.45) is 0 Å². The first-order valence-corrected chi connectivity index (χ1v) is 18.4. The van der Waals surface area contributed by atoms with Gasteiger partial charge in [0.15, 0.2) is 0 Å². The molecule has 5 aromatic rings. The van der Waals surface area contributed by atoms with Gasteiger partial charge in [0.2, 0.25) is 0 Å². The van der Waals surface area contributed by atoms with Crippen molar-refractivity contribution in [3.8, 4) is 11.1 Å². The summed E-state index contributed by atoms with van der Waals surface area (Å²) in [6.07, 6.45) is 2.49. The summed E-state index contributed by atoms with van der Waals surface area (Å²) in [6.45, 7) is 9.13. The summed E-state index contributed by atoms with van der Waals surface area (Å²) in [4.78, 5) is 0. The Labute approximate surface area is 270 Å². The van der Waals surface area contributed by atoms with Crippen LogP contribution in [0.15, 0.2) is 121 Å². The second-order valence-electron chi connectivity index (χ2n) is 11.6. The fourth-order valence-electron chi connectivity index (χ4n) is 7.07. The van der Waals surface area contributed by atoms with Crippen molar-refractivity contribution in [2.75, 3.05) is 0 Å². The summed E-state index contributed by atoms with van der Waals surface area (Å²) >= 11 is -2.76. The zero-order valence-corrected chi connectivity index (χ0v) is 28.4. The molecule has 3 heteroatoms. The number of fused-ring (bicyclic) bond motifs is 4. The van der Waals surface area contributed by atoms with E-state index in [4.69, 9.17) is 0 Å². The zero-order valence-electron chi connectivity index (χ0n) is 24.5. The molecule has 1 unspecified atom stereocenters. The summed E-state index contributed by atoms with van der Waals surface area (Å²) in [5.41, 5.74) is 17.3. The minimum Gasteiger partial charge on any atom is -1.00 e. The van der Waals surface area contributed by atoms with E-state index in [-0.39, 0.29) is 24.8 Å². The molecule has 0 spiro atoms. The van der Waals surface area contributed by atoms with E-state index in [0.717, 1.165) is 0 Å². The van der Waals surface area contributed by atoms with Crippen LogP contribution in [0, 0.1) is 20.8 Å². The molecule has 208 valence electrons. The first-order chi connectivity index (χ1) is 19.5. The monoisotopic (exact) mass is 662 g/mol. The van der Waals surface area contributed by atoms with E-state index in [1.165, 1.54) is 55.6 Å². The molecule has 0 amide bonds. The molecule has 1 atom stereocenters. The molecule has 2 aliphatic carbocycles. The van der Waals surface area contributed by atoms with Gasteiger partial charge in [-0.2, -0.15) is 0 Å². The van der Waals surface area contributed by atoms with Gasteiger partial charge in [-0.3, -0.25) is 0 Å². The van der Waals surface area contributed by atoms with Crippen LogP contribution in [0.5, 0.6) is 0 Å². The van der Waals surface area contributed by atoms with E-state index < -0.39 is 21.3 Å². The molecular formula is C39H34Cl2Zr. The third-order valence-corrected chi connectivity index (χ3v) is 18.1. The fourth-order valence-corrected chi connectivity index (χ4v) is 17.5. The molecule has 0 saturated carbocycles. The predicted octanol–water partition coefficient (Wildman–Crippen LogP) is 3.74. The van der Waals surface area contributed by atoms with Crippen molar-refractivity contribution < 1.29 is 46.1 Å². The van der Waals surface area contributed by atoms with Crippen LogP contribution in [-0.4, -0.2) is 3.21 Å². The maximum absolute atomic E-state index is 2.76. The Balaban J connectivity index is 0.00000176. The molecule has 2 aliphatic rings. The van der Waals surface area contributed by atoms with Gasteiger partial charge in [-0.15, -0.1) is 0 Å². The number of hydrogen-bond acceptors (Lipinski definition) is 0. The minimum absolute atomic E-state index is 0. The van der Waals surface area contributed by atoms with E-state index in [2.05, 4.69) is 149 Å². The van der Waals surface area contributed by atoms with E-state index in [1.54, 1.807) is 14.3 Å². The Bertz CT molecular complexity index is 1740. The Kier molecular flexibility index (Phi) is 9.06. The topological polar surface area (TPSA) is 0 Å². The summed E-state index contributed by atoms with van der Waals surface area (Å²) in [5, 5.41) is 0. The summed E-state index contributed by atoms with van der Waals surface area (Å²) in [5.74, 6) is 0. The van der Waals surface area contributed by atoms with Gasteiger partial charge in [0.1, 0.15) is 0 Å². The average Bonchev–Trinajstić information content (AvgIpc) is 3.44. The van der Waals surface area contributed by atoms with Gasteiger partial charge in [-0.25, -0.2) is 0 Å². The molecule has 0 bridgehead atoms. The molecule has 0 aliphatic heterocycles. The normalized spacial score (nSPS) is 14.4. The number of aryl methyl sites for hydroxylation is 3. The van der Waals surface area contributed by atoms with Gasteiger partial charge in [0, 0.05) is 0 Å². The van der Waals surface area contributed by atoms with Crippen molar-refractivity contribution in [1.29, 1.82) is 0 Å². The van der Waals surface area contributed by atoms with Crippen LogP contribution in [-0.2, 0) is 21.3 Å². The Morgan fingerprint density at radius 2 is 0.976 bits per heavy atom. The number of allylic oxidation sites excluding steroid dienone is 1. The zero-order chi connectivity index (χ0) is 27.4. The van der Waals surface area contributed by atoms with Crippen molar-refractivity contribution in [2.45, 2.75) is 34.9 Å². The minimum atomic E-state index is -2.76. The first kappa shape index (κ1) is 30.6. The molecule has 5 aromatic carbocycles. The van der Waals surface area contributed by atoms with Crippen molar-refractivity contribution >= 4 is 9.28 Å². The van der Waals surface area contributed by atoms with E-state index >= 15 is 0 Å². The Morgan fingerprint density at radius 3 is 1.50 bits per heavy atom. The molecule has 7 rings (SSSR count). The molecule has 0 aromatic heterocycles. The largest absolute Gasteiger partial charge is 1.00 e. The smallest absolute Gasteiger partial charge is 1.00 e. The number of halogens is 2. The quantitative estimate of drug-likeness (QED) is 0.275. The third kappa shape index (κ3) is 5.26. The van der Waals surface area contributed by atoms with Crippen LogP contribution in [0.1, 0.15) is 64.2 Å². The predicted molar refractivity (Wildman–Crippen MR) is 167 cm³/mol. The Morgan fingerprint density at radius 1 is 0.500 bits per heavy atom. The van der Waals surface area contributed by atoms with Crippen LogP contribution >= 0.6 is 0 Å². The third-order valence-electron chi connectivity index (χ3n) is 8.75. The number of rotatable bonds is 4. The molecular weight excluding hydrogens is 631 g/mol. The van der Waals surface area contributed by atoms with E-state index in [9.17, 15) is 0 Å². The molecule has 42 heavy (non-hydrogen) atoms.